The van der Waals surface area contributed by atoms with Crippen LogP contribution in [0.25, 0.3) is 38.9 Å². The Bertz CT molecular complexity index is 1480. The Hall–Kier alpha value is -3.84. The SMILES string of the molecule is [2H]c1ccc2c(-c3cnn4cc(-c5ccc(OCCN6CCCCC6)cn5)cnc34)cccc2n1. The molecule has 34 heavy (non-hydrogen) atoms. The minimum atomic E-state index is 0.253. The lowest BCUT2D eigenvalue weighted by atomic mass is 10.0. The number of pyridine rings is 2. The van der Waals surface area contributed by atoms with E-state index in [2.05, 4.69) is 20.0 Å². The number of hydrogen-bond donors (Lipinski definition) is 0. The molecule has 6 rings (SSSR count). The summed E-state index contributed by atoms with van der Waals surface area (Å²) in [6.45, 7) is 3.99. The van der Waals surface area contributed by atoms with Crippen molar-refractivity contribution >= 4 is 16.6 Å². The molecule has 1 saturated heterocycles. The molecule has 0 saturated carbocycles. The molecule has 0 spiro atoms. The molecular weight excluding hydrogens is 424 g/mol. The number of piperidine rings is 1. The molecule has 0 unspecified atom stereocenters. The van der Waals surface area contributed by atoms with Crippen molar-refractivity contribution in [1.82, 2.24) is 29.5 Å². The number of ether oxygens (including phenoxy) is 1. The average Bonchev–Trinajstić information content (AvgIpc) is 3.32. The van der Waals surface area contributed by atoms with Crippen LogP contribution in [0.3, 0.4) is 0 Å². The summed E-state index contributed by atoms with van der Waals surface area (Å²) in [5.74, 6) is 0.779. The van der Waals surface area contributed by atoms with E-state index in [1.807, 2.05) is 55.0 Å². The zero-order chi connectivity index (χ0) is 23.6. The molecule has 1 aliphatic heterocycles. The van der Waals surface area contributed by atoms with Crippen LogP contribution in [0.5, 0.6) is 5.75 Å². The maximum Gasteiger partial charge on any atom is 0.162 e. The summed E-state index contributed by atoms with van der Waals surface area (Å²) in [4.78, 5) is 16.1. The van der Waals surface area contributed by atoms with Gasteiger partial charge in [-0.2, -0.15) is 5.10 Å². The summed E-state index contributed by atoms with van der Waals surface area (Å²) in [6, 6.07) is 13.4. The first-order chi connectivity index (χ1) is 17.2. The van der Waals surface area contributed by atoms with Crippen molar-refractivity contribution < 1.29 is 6.11 Å². The van der Waals surface area contributed by atoms with Gasteiger partial charge in [-0.1, -0.05) is 24.6 Å². The first-order valence-electron chi connectivity index (χ1n) is 12.3. The number of fused-ring (bicyclic) bond motifs is 2. The molecule has 170 valence electrons. The van der Waals surface area contributed by atoms with Crippen molar-refractivity contribution in [3.05, 3.63) is 73.4 Å². The van der Waals surface area contributed by atoms with Gasteiger partial charge in [0.05, 0.1) is 25.0 Å². The van der Waals surface area contributed by atoms with Gasteiger partial charge >= 0.3 is 0 Å². The molecule has 1 aliphatic rings. The third kappa shape index (κ3) is 4.10. The number of hydrogen-bond acceptors (Lipinski definition) is 6. The van der Waals surface area contributed by atoms with Crippen LogP contribution in [0.4, 0.5) is 0 Å². The predicted molar refractivity (Wildman–Crippen MR) is 133 cm³/mol. The summed E-state index contributed by atoms with van der Waals surface area (Å²) in [5, 5.41) is 5.52. The Balaban J connectivity index is 1.21. The van der Waals surface area contributed by atoms with Crippen molar-refractivity contribution in [3.8, 4) is 28.1 Å². The largest absolute Gasteiger partial charge is 0.491 e. The van der Waals surface area contributed by atoms with E-state index in [1.165, 1.54) is 32.4 Å². The van der Waals surface area contributed by atoms with Crippen LogP contribution >= 0.6 is 0 Å². The molecule has 0 aliphatic carbocycles. The van der Waals surface area contributed by atoms with Gasteiger partial charge < -0.3 is 4.74 Å². The fourth-order valence-electron chi connectivity index (χ4n) is 4.60. The lowest BCUT2D eigenvalue weighted by molar-refractivity contribution is 0.183. The quantitative estimate of drug-likeness (QED) is 0.367. The van der Waals surface area contributed by atoms with E-state index in [0.717, 1.165) is 51.2 Å². The van der Waals surface area contributed by atoms with Crippen LogP contribution < -0.4 is 4.74 Å². The highest BCUT2D eigenvalue weighted by Gasteiger charge is 2.13. The van der Waals surface area contributed by atoms with Crippen LogP contribution in [0.15, 0.2) is 73.4 Å². The Morgan fingerprint density at radius 1 is 0.882 bits per heavy atom. The first kappa shape index (κ1) is 19.6. The third-order valence-electron chi connectivity index (χ3n) is 6.40. The van der Waals surface area contributed by atoms with Gasteiger partial charge in [-0.05, 0) is 55.8 Å². The van der Waals surface area contributed by atoms with Gasteiger partial charge in [0.2, 0.25) is 0 Å². The van der Waals surface area contributed by atoms with E-state index >= 15 is 0 Å². The Labute approximate surface area is 199 Å². The maximum absolute atomic E-state index is 7.79. The lowest BCUT2D eigenvalue weighted by Gasteiger charge is -2.26. The van der Waals surface area contributed by atoms with Gasteiger partial charge in [0.25, 0.3) is 0 Å². The van der Waals surface area contributed by atoms with Gasteiger partial charge in [0, 0.05) is 41.6 Å². The van der Waals surface area contributed by atoms with Crippen molar-refractivity contribution in [1.29, 1.82) is 0 Å². The number of likely N-dealkylation sites (tertiary alicyclic amines) is 1. The second-order valence-electron chi connectivity index (χ2n) is 8.61. The summed E-state index contributed by atoms with van der Waals surface area (Å²) < 4.78 is 15.5. The molecule has 1 aromatic carbocycles. The van der Waals surface area contributed by atoms with E-state index < -0.39 is 0 Å². The molecule has 1 fully saturated rings. The molecule has 0 radical (unpaired) electrons. The minimum absolute atomic E-state index is 0.253. The minimum Gasteiger partial charge on any atom is -0.491 e. The average molecular weight is 452 g/mol. The van der Waals surface area contributed by atoms with Crippen molar-refractivity contribution in [2.45, 2.75) is 19.3 Å². The van der Waals surface area contributed by atoms with Crippen molar-refractivity contribution in [2.75, 3.05) is 26.2 Å². The summed E-state index contributed by atoms with van der Waals surface area (Å²) >= 11 is 0. The van der Waals surface area contributed by atoms with Gasteiger partial charge in [-0.15, -0.1) is 0 Å². The van der Waals surface area contributed by atoms with Gasteiger partial charge in [-0.25, -0.2) is 9.50 Å². The monoisotopic (exact) mass is 451 g/mol. The third-order valence-corrected chi connectivity index (χ3v) is 6.40. The Morgan fingerprint density at radius 2 is 1.82 bits per heavy atom. The second kappa shape index (κ2) is 9.19. The van der Waals surface area contributed by atoms with Crippen molar-refractivity contribution in [3.63, 3.8) is 0 Å². The highest BCUT2D eigenvalue weighted by Crippen LogP contribution is 2.30. The van der Waals surface area contributed by atoms with Crippen LogP contribution in [-0.2, 0) is 0 Å². The molecule has 0 amide bonds. The molecular formula is C27H26N6O. The number of rotatable bonds is 6. The maximum atomic E-state index is 7.79. The number of aromatic nitrogens is 5. The molecule has 4 aromatic heterocycles. The predicted octanol–water partition coefficient (Wildman–Crippen LogP) is 4.87. The summed E-state index contributed by atoms with van der Waals surface area (Å²) in [6.07, 6.45) is 11.5. The van der Waals surface area contributed by atoms with Gasteiger partial charge in [0.1, 0.15) is 12.4 Å². The van der Waals surface area contributed by atoms with E-state index in [1.54, 1.807) is 16.8 Å². The van der Waals surface area contributed by atoms with Crippen molar-refractivity contribution in [2.24, 2.45) is 0 Å². The molecule has 5 heterocycles. The molecule has 0 N–H and O–H groups in total. The van der Waals surface area contributed by atoms with Crippen LogP contribution in [0, 0.1) is 0 Å². The Kier molecular flexibility index (Phi) is 5.30. The van der Waals surface area contributed by atoms with E-state index in [4.69, 9.17) is 11.1 Å². The zero-order valence-electron chi connectivity index (χ0n) is 19.9. The van der Waals surface area contributed by atoms with E-state index in [-0.39, 0.29) is 6.17 Å². The number of benzene rings is 1. The second-order valence-corrected chi connectivity index (χ2v) is 8.61. The van der Waals surface area contributed by atoms with Crippen LogP contribution in [0.1, 0.15) is 20.6 Å². The highest BCUT2D eigenvalue weighted by molar-refractivity contribution is 5.97. The smallest absolute Gasteiger partial charge is 0.162 e. The summed E-state index contributed by atoms with van der Waals surface area (Å²) in [5.41, 5.74) is 5.16. The molecule has 5 aromatic rings. The van der Waals surface area contributed by atoms with Gasteiger partial charge in [0.15, 0.2) is 5.65 Å². The number of nitrogens with zero attached hydrogens (tertiary/aromatic N) is 6. The first-order valence-corrected chi connectivity index (χ1v) is 11.8. The Morgan fingerprint density at radius 3 is 2.71 bits per heavy atom. The molecule has 0 bridgehead atoms. The molecule has 7 nitrogen and oxygen atoms in total. The molecule has 0 atom stereocenters. The van der Waals surface area contributed by atoms with Gasteiger partial charge in [-0.3, -0.25) is 14.9 Å². The molecule has 7 heteroatoms. The highest BCUT2D eigenvalue weighted by atomic mass is 16.5. The van der Waals surface area contributed by atoms with Crippen LogP contribution in [-0.4, -0.2) is 55.7 Å². The topological polar surface area (TPSA) is 68.4 Å². The summed E-state index contributed by atoms with van der Waals surface area (Å²) in [7, 11) is 0. The van der Waals surface area contributed by atoms with E-state index in [0.29, 0.717) is 6.61 Å². The fraction of sp³-hybridized carbons (Fsp3) is 0.259. The van der Waals surface area contributed by atoms with E-state index in [9.17, 15) is 0 Å². The lowest BCUT2D eigenvalue weighted by Crippen LogP contribution is -2.33. The normalized spacial score (nSPS) is 15.0. The zero-order valence-corrected chi connectivity index (χ0v) is 18.9. The van der Waals surface area contributed by atoms with Crippen LogP contribution in [0.2, 0.25) is 0 Å². The standard InChI is InChI=1S/C27H26N6O/c1-2-12-32(13-3-1)14-15-34-21-9-10-25(29-17-21)20-16-30-27-24(18-31-33(27)19-20)22-6-4-8-26-23(22)7-5-11-28-26/h4-11,16-19H,1-3,12-15H2/i11D. The fourth-order valence-corrected chi connectivity index (χ4v) is 4.60.